The lowest BCUT2D eigenvalue weighted by molar-refractivity contribution is -0.126. The minimum Gasteiger partial charge on any atom is -0.376 e. The second-order valence-electron chi connectivity index (χ2n) is 7.65. The molecule has 3 rings (SSSR count). The maximum Gasteiger partial charge on any atom is 0.234 e. The first-order chi connectivity index (χ1) is 11.3. The number of thiazole rings is 1. The van der Waals surface area contributed by atoms with Crippen molar-refractivity contribution in [3.05, 3.63) is 23.3 Å². The van der Waals surface area contributed by atoms with E-state index in [1.54, 1.807) is 11.3 Å². The Bertz CT molecular complexity index is 755. The molecule has 1 fully saturated rings. The van der Waals surface area contributed by atoms with Gasteiger partial charge in [-0.05, 0) is 43.9 Å². The number of rotatable bonds is 3. The van der Waals surface area contributed by atoms with Crippen molar-refractivity contribution < 1.29 is 9.53 Å². The monoisotopic (exact) mass is 346 g/mol. The predicted molar refractivity (Wildman–Crippen MR) is 99.9 cm³/mol. The number of benzene rings is 1. The molecule has 1 atom stereocenters. The molecule has 1 amide bonds. The molecule has 0 spiro atoms. The van der Waals surface area contributed by atoms with E-state index >= 15 is 0 Å². The number of carbonyl (C=O) groups is 1. The number of hydrogen-bond acceptors (Lipinski definition) is 4. The van der Waals surface area contributed by atoms with E-state index in [1.165, 1.54) is 11.1 Å². The number of aryl methyl sites for hydroxylation is 2. The molecule has 4 nitrogen and oxygen atoms in total. The molecule has 1 aromatic heterocycles. The van der Waals surface area contributed by atoms with E-state index in [-0.39, 0.29) is 12.0 Å². The molecule has 0 aliphatic carbocycles. The Balaban J connectivity index is 2.00. The van der Waals surface area contributed by atoms with Gasteiger partial charge in [0.1, 0.15) is 0 Å². The van der Waals surface area contributed by atoms with Crippen molar-refractivity contribution in [1.29, 1.82) is 0 Å². The number of amides is 1. The second kappa shape index (κ2) is 6.45. The van der Waals surface area contributed by atoms with E-state index < -0.39 is 5.41 Å². The van der Waals surface area contributed by atoms with E-state index in [4.69, 9.17) is 9.72 Å². The molecule has 0 saturated carbocycles. The first-order valence-electron chi connectivity index (χ1n) is 8.57. The van der Waals surface area contributed by atoms with Crippen LogP contribution in [0.3, 0.4) is 0 Å². The van der Waals surface area contributed by atoms with Crippen molar-refractivity contribution in [2.75, 3.05) is 18.1 Å². The zero-order chi connectivity index (χ0) is 17.5. The van der Waals surface area contributed by atoms with Gasteiger partial charge in [-0.2, -0.15) is 0 Å². The second-order valence-corrected chi connectivity index (χ2v) is 8.66. The maximum absolute atomic E-state index is 13.0. The molecule has 2 aromatic rings. The smallest absolute Gasteiger partial charge is 0.234 e. The van der Waals surface area contributed by atoms with Crippen LogP contribution in [0.5, 0.6) is 0 Å². The molecule has 0 N–H and O–H groups in total. The quantitative estimate of drug-likeness (QED) is 0.823. The van der Waals surface area contributed by atoms with Gasteiger partial charge in [-0.3, -0.25) is 9.69 Å². The minimum atomic E-state index is -0.443. The van der Waals surface area contributed by atoms with Crippen molar-refractivity contribution in [3.63, 3.8) is 0 Å². The van der Waals surface area contributed by atoms with Crippen LogP contribution in [0.15, 0.2) is 12.1 Å². The van der Waals surface area contributed by atoms with Crippen molar-refractivity contribution in [2.24, 2.45) is 5.41 Å². The van der Waals surface area contributed by atoms with Crippen LogP contribution >= 0.6 is 11.3 Å². The molecule has 0 bridgehead atoms. The number of nitrogens with zero attached hydrogens (tertiary/aromatic N) is 2. The fraction of sp³-hybridized carbons (Fsp3) is 0.579. The molecule has 1 unspecified atom stereocenters. The Morgan fingerprint density at radius 1 is 1.38 bits per heavy atom. The van der Waals surface area contributed by atoms with Crippen LogP contribution in [0.4, 0.5) is 5.13 Å². The largest absolute Gasteiger partial charge is 0.376 e. The molecule has 130 valence electrons. The Morgan fingerprint density at radius 3 is 2.75 bits per heavy atom. The van der Waals surface area contributed by atoms with E-state index in [0.29, 0.717) is 6.54 Å². The van der Waals surface area contributed by atoms with Gasteiger partial charge in [0.25, 0.3) is 0 Å². The summed E-state index contributed by atoms with van der Waals surface area (Å²) in [5.41, 5.74) is 2.98. The summed E-state index contributed by atoms with van der Waals surface area (Å²) in [5, 5.41) is 0.786. The van der Waals surface area contributed by atoms with Gasteiger partial charge in [-0.1, -0.05) is 38.2 Å². The zero-order valence-corrected chi connectivity index (χ0v) is 16.0. The Morgan fingerprint density at radius 2 is 2.12 bits per heavy atom. The summed E-state index contributed by atoms with van der Waals surface area (Å²) >= 11 is 1.59. The molecule has 1 aromatic carbocycles. The lowest BCUT2D eigenvalue weighted by atomic mass is 9.94. The fourth-order valence-corrected chi connectivity index (χ4v) is 4.01. The molecule has 1 aliphatic heterocycles. The van der Waals surface area contributed by atoms with Gasteiger partial charge in [0.2, 0.25) is 5.91 Å². The fourth-order valence-electron chi connectivity index (χ4n) is 2.97. The number of ether oxygens (including phenoxy) is 1. The molecular formula is C19H26N2O2S. The van der Waals surface area contributed by atoms with Crippen molar-refractivity contribution in [1.82, 2.24) is 4.98 Å². The van der Waals surface area contributed by atoms with Gasteiger partial charge in [0.05, 0.1) is 22.9 Å². The molecule has 1 aliphatic rings. The highest BCUT2D eigenvalue weighted by Crippen LogP contribution is 2.34. The van der Waals surface area contributed by atoms with Crippen LogP contribution < -0.4 is 4.90 Å². The van der Waals surface area contributed by atoms with Gasteiger partial charge in [0, 0.05) is 12.0 Å². The van der Waals surface area contributed by atoms with Crippen LogP contribution in [-0.4, -0.2) is 30.1 Å². The molecule has 0 radical (unpaired) electrons. The van der Waals surface area contributed by atoms with Crippen molar-refractivity contribution >= 4 is 32.6 Å². The number of fused-ring (bicyclic) bond motifs is 1. The number of carbonyl (C=O) groups excluding carboxylic acids is 1. The summed E-state index contributed by atoms with van der Waals surface area (Å²) < 4.78 is 6.90. The summed E-state index contributed by atoms with van der Waals surface area (Å²) in [6.45, 7) is 11.4. The van der Waals surface area contributed by atoms with Crippen molar-refractivity contribution in [2.45, 2.75) is 53.6 Å². The molecule has 24 heavy (non-hydrogen) atoms. The summed E-state index contributed by atoms with van der Waals surface area (Å²) in [6.07, 6.45) is 2.20. The summed E-state index contributed by atoms with van der Waals surface area (Å²) in [5.74, 6) is 0.103. The average Bonchev–Trinajstić information content (AvgIpc) is 3.16. The Hall–Kier alpha value is -1.46. The van der Waals surface area contributed by atoms with Gasteiger partial charge >= 0.3 is 0 Å². The highest BCUT2D eigenvalue weighted by molar-refractivity contribution is 7.22. The van der Waals surface area contributed by atoms with Crippen LogP contribution in [0.2, 0.25) is 0 Å². The third-order valence-electron chi connectivity index (χ3n) is 4.60. The maximum atomic E-state index is 13.0. The lowest BCUT2D eigenvalue weighted by Gasteiger charge is -2.29. The predicted octanol–water partition coefficient (Wildman–Crippen LogP) is 4.47. The third-order valence-corrected chi connectivity index (χ3v) is 5.64. The average molecular weight is 346 g/mol. The van der Waals surface area contributed by atoms with E-state index in [9.17, 15) is 4.79 Å². The van der Waals surface area contributed by atoms with Crippen LogP contribution in [0.25, 0.3) is 10.2 Å². The van der Waals surface area contributed by atoms with Gasteiger partial charge in [-0.15, -0.1) is 0 Å². The first kappa shape index (κ1) is 17.4. The Kier molecular flexibility index (Phi) is 4.67. The standard InChI is InChI=1S/C19H26N2O2S/c1-12-8-9-15-16(13(12)2)20-18(24-15)21(17(22)19(3,4)5)11-14-7-6-10-23-14/h8-9,14H,6-7,10-11H2,1-5H3. The normalized spacial score (nSPS) is 18.3. The first-order valence-corrected chi connectivity index (χ1v) is 9.39. The summed E-state index contributed by atoms with van der Waals surface area (Å²) in [7, 11) is 0. The highest BCUT2D eigenvalue weighted by atomic mass is 32.1. The van der Waals surface area contributed by atoms with E-state index in [1.807, 2.05) is 25.7 Å². The Labute approximate surface area is 147 Å². The summed E-state index contributed by atoms with van der Waals surface area (Å²) in [6, 6.07) is 4.22. The highest BCUT2D eigenvalue weighted by Gasteiger charge is 2.33. The zero-order valence-electron chi connectivity index (χ0n) is 15.2. The number of hydrogen-bond donors (Lipinski definition) is 0. The van der Waals surface area contributed by atoms with Crippen LogP contribution in [-0.2, 0) is 9.53 Å². The third kappa shape index (κ3) is 3.33. The van der Waals surface area contributed by atoms with Gasteiger partial charge in [0.15, 0.2) is 5.13 Å². The SMILES string of the molecule is Cc1ccc2sc(N(CC3CCCO3)C(=O)C(C)(C)C)nc2c1C. The van der Waals surface area contributed by atoms with E-state index in [2.05, 4.69) is 26.0 Å². The number of anilines is 1. The summed E-state index contributed by atoms with van der Waals surface area (Å²) in [4.78, 5) is 19.7. The molecule has 1 saturated heterocycles. The van der Waals surface area contributed by atoms with Crippen molar-refractivity contribution in [3.8, 4) is 0 Å². The molecular weight excluding hydrogens is 320 g/mol. The van der Waals surface area contributed by atoms with Gasteiger partial charge in [-0.25, -0.2) is 4.98 Å². The van der Waals surface area contributed by atoms with E-state index in [0.717, 1.165) is 34.8 Å². The molecule has 5 heteroatoms. The van der Waals surface area contributed by atoms with Crippen LogP contribution in [0, 0.1) is 19.3 Å². The number of aromatic nitrogens is 1. The van der Waals surface area contributed by atoms with Gasteiger partial charge < -0.3 is 4.74 Å². The lowest BCUT2D eigenvalue weighted by Crippen LogP contribution is -2.43. The minimum absolute atomic E-state index is 0.103. The molecule has 2 heterocycles. The van der Waals surface area contributed by atoms with Crippen LogP contribution in [0.1, 0.15) is 44.7 Å². The topological polar surface area (TPSA) is 42.4 Å².